The fourth-order valence-electron chi connectivity index (χ4n) is 1.93. The molecule has 86 valence electrons. The van der Waals surface area contributed by atoms with E-state index in [1.807, 2.05) is 18.2 Å². The van der Waals surface area contributed by atoms with Crippen molar-refractivity contribution in [2.45, 2.75) is 19.0 Å². The van der Waals surface area contributed by atoms with Crippen molar-refractivity contribution in [3.05, 3.63) is 29.3 Å². The van der Waals surface area contributed by atoms with Gasteiger partial charge in [-0.15, -0.1) is 0 Å². The first kappa shape index (κ1) is 11.0. The third-order valence-corrected chi connectivity index (χ3v) is 2.86. The second kappa shape index (κ2) is 4.53. The van der Waals surface area contributed by atoms with Crippen molar-refractivity contribution in [1.29, 1.82) is 0 Å². The number of rotatable bonds is 2. The molecule has 0 saturated carbocycles. The standard InChI is InChI=1S/C12H15NO3/c1-15-10-4-3-8-6-11(12(14)16-2)13-7-9(8)5-10/h3-5,11,13H,6-7H2,1-2H3/t11-/m0/s1. The maximum Gasteiger partial charge on any atom is 0.323 e. The Labute approximate surface area is 94.6 Å². The Morgan fingerprint density at radius 2 is 2.19 bits per heavy atom. The molecule has 0 radical (unpaired) electrons. The Hall–Kier alpha value is -1.55. The first-order valence-electron chi connectivity index (χ1n) is 5.21. The van der Waals surface area contributed by atoms with Gasteiger partial charge in [-0.2, -0.15) is 0 Å². The molecule has 1 atom stereocenters. The summed E-state index contributed by atoms with van der Waals surface area (Å²) in [7, 11) is 3.06. The highest BCUT2D eigenvalue weighted by molar-refractivity contribution is 5.76. The van der Waals surface area contributed by atoms with Gasteiger partial charge < -0.3 is 14.8 Å². The second-order valence-corrected chi connectivity index (χ2v) is 3.80. The van der Waals surface area contributed by atoms with Crippen molar-refractivity contribution in [1.82, 2.24) is 5.32 Å². The number of esters is 1. The zero-order chi connectivity index (χ0) is 11.5. The van der Waals surface area contributed by atoms with Gasteiger partial charge in [-0.1, -0.05) is 6.07 Å². The summed E-state index contributed by atoms with van der Waals surface area (Å²) >= 11 is 0. The lowest BCUT2D eigenvalue weighted by molar-refractivity contribution is -0.143. The summed E-state index contributed by atoms with van der Waals surface area (Å²) < 4.78 is 9.88. The highest BCUT2D eigenvalue weighted by Crippen LogP contribution is 2.22. The first-order valence-corrected chi connectivity index (χ1v) is 5.21. The summed E-state index contributed by atoms with van der Waals surface area (Å²) in [5, 5.41) is 3.15. The third kappa shape index (κ3) is 2.02. The summed E-state index contributed by atoms with van der Waals surface area (Å²) in [5.41, 5.74) is 2.36. The summed E-state index contributed by atoms with van der Waals surface area (Å²) in [6, 6.07) is 5.69. The summed E-state index contributed by atoms with van der Waals surface area (Å²) in [5.74, 6) is 0.638. The molecule has 0 amide bonds. The molecule has 0 fully saturated rings. The molecular formula is C12H15NO3. The highest BCUT2D eigenvalue weighted by Gasteiger charge is 2.24. The van der Waals surface area contributed by atoms with Gasteiger partial charge in [0.25, 0.3) is 0 Å². The summed E-state index contributed by atoms with van der Waals surface area (Å²) in [4.78, 5) is 11.4. The number of benzene rings is 1. The molecule has 4 heteroatoms. The van der Waals surface area contributed by atoms with Crippen LogP contribution in [-0.2, 0) is 22.5 Å². The van der Waals surface area contributed by atoms with Crippen LogP contribution in [0.3, 0.4) is 0 Å². The first-order chi connectivity index (χ1) is 7.74. The maximum absolute atomic E-state index is 11.4. The van der Waals surface area contributed by atoms with Gasteiger partial charge in [0.15, 0.2) is 0 Å². The van der Waals surface area contributed by atoms with E-state index in [1.54, 1.807) is 7.11 Å². The van der Waals surface area contributed by atoms with Crippen LogP contribution in [0.5, 0.6) is 5.75 Å². The number of fused-ring (bicyclic) bond motifs is 1. The molecule has 1 aliphatic heterocycles. The Morgan fingerprint density at radius 1 is 1.38 bits per heavy atom. The van der Waals surface area contributed by atoms with E-state index in [0.29, 0.717) is 13.0 Å². The fourth-order valence-corrected chi connectivity index (χ4v) is 1.93. The lowest BCUT2D eigenvalue weighted by Gasteiger charge is -2.24. The van der Waals surface area contributed by atoms with Crippen LogP contribution >= 0.6 is 0 Å². The monoisotopic (exact) mass is 221 g/mol. The van der Waals surface area contributed by atoms with Crippen LogP contribution in [0.15, 0.2) is 18.2 Å². The molecule has 1 aromatic rings. The molecular weight excluding hydrogens is 206 g/mol. The minimum Gasteiger partial charge on any atom is -0.497 e. The minimum absolute atomic E-state index is 0.207. The molecule has 0 aromatic heterocycles. The van der Waals surface area contributed by atoms with Crippen LogP contribution in [0.1, 0.15) is 11.1 Å². The molecule has 2 rings (SSSR count). The van der Waals surface area contributed by atoms with Crippen molar-refractivity contribution in [3.8, 4) is 5.75 Å². The van der Waals surface area contributed by atoms with Crippen LogP contribution < -0.4 is 10.1 Å². The molecule has 0 spiro atoms. The smallest absolute Gasteiger partial charge is 0.323 e. The van der Waals surface area contributed by atoms with Crippen molar-refractivity contribution < 1.29 is 14.3 Å². The molecule has 1 N–H and O–H groups in total. The minimum atomic E-state index is -0.231. The number of nitrogens with one attached hydrogen (secondary N) is 1. The molecule has 16 heavy (non-hydrogen) atoms. The highest BCUT2D eigenvalue weighted by atomic mass is 16.5. The van der Waals surface area contributed by atoms with E-state index in [4.69, 9.17) is 9.47 Å². The largest absolute Gasteiger partial charge is 0.497 e. The Morgan fingerprint density at radius 3 is 2.88 bits per heavy atom. The molecule has 0 aliphatic carbocycles. The molecule has 1 aromatic carbocycles. The SMILES string of the molecule is COC(=O)[C@@H]1Cc2ccc(OC)cc2CN1. The van der Waals surface area contributed by atoms with E-state index < -0.39 is 0 Å². The maximum atomic E-state index is 11.4. The fraction of sp³-hybridized carbons (Fsp3) is 0.417. The molecule has 1 heterocycles. The quantitative estimate of drug-likeness (QED) is 0.753. The van der Waals surface area contributed by atoms with Gasteiger partial charge in [-0.3, -0.25) is 4.79 Å². The lowest BCUT2D eigenvalue weighted by atomic mass is 9.95. The van der Waals surface area contributed by atoms with Crippen LogP contribution in [0, 0.1) is 0 Å². The zero-order valence-corrected chi connectivity index (χ0v) is 9.45. The van der Waals surface area contributed by atoms with Crippen LogP contribution in [0.25, 0.3) is 0 Å². The van der Waals surface area contributed by atoms with E-state index >= 15 is 0 Å². The number of carbonyl (C=O) groups is 1. The van der Waals surface area contributed by atoms with E-state index in [1.165, 1.54) is 18.2 Å². The summed E-state index contributed by atoms with van der Waals surface area (Å²) in [6.45, 7) is 0.673. The van der Waals surface area contributed by atoms with E-state index in [2.05, 4.69) is 5.32 Å². The number of hydrogen-bond acceptors (Lipinski definition) is 4. The molecule has 0 saturated heterocycles. The molecule has 1 aliphatic rings. The van der Waals surface area contributed by atoms with Gasteiger partial charge in [0.1, 0.15) is 11.8 Å². The van der Waals surface area contributed by atoms with Crippen molar-refractivity contribution in [3.63, 3.8) is 0 Å². The van der Waals surface area contributed by atoms with Crippen molar-refractivity contribution in [2.75, 3.05) is 14.2 Å². The van der Waals surface area contributed by atoms with Crippen LogP contribution in [0.4, 0.5) is 0 Å². The predicted octanol–water partition coefficient (Wildman–Crippen LogP) is 0.882. The van der Waals surface area contributed by atoms with Crippen LogP contribution in [0.2, 0.25) is 0 Å². The van der Waals surface area contributed by atoms with Crippen molar-refractivity contribution >= 4 is 5.97 Å². The van der Waals surface area contributed by atoms with E-state index in [0.717, 1.165) is 5.75 Å². The summed E-state index contributed by atoms with van der Waals surface area (Å²) in [6.07, 6.45) is 0.673. The Balaban J connectivity index is 2.18. The third-order valence-electron chi connectivity index (χ3n) is 2.86. The number of carbonyl (C=O) groups excluding carboxylic acids is 1. The van der Waals surface area contributed by atoms with E-state index in [9.17, 15) is 4.79 Å². The van der Waals surface area contributed by atoms with Gasteiger partial charge in [-0.25, -0.2) is 0 Å². The van der Waals surface area contributed by atoms with Gasteiger partial charge in [0.2, 0.25) is 0 Å². The predicted molar refractivity (Wildman–Crippen MR) is 59.3 cm³/mol. The van der Waals surface area contributed by atoms with Gasteiger partial charge in [0, 0.05) is 6.54 Å². The average Bonchev–Trinajstić information content (AvgIpc) is 2.36. The Bertz CT molecular complexity index is 403. The van der Waals surface area contributed by atoms with Gasteiger partial charge in [0.05, 0.1) is 14.2 Å². The molecule has 0 bridgehead atoms. The molecule has 0 unspecified atom stereocenters. The zero-order valence-electron chi connectivity index (χ0n) is 9.45. The van der Waals surface area contributed by atoms with Gasteiger partial charge >= 0.3 is 5.97 Å². The normalized spacial score (nSPS) is 18.8. The van der Waals surface area contributed by atoms with Gasteiger partial charge in [-0.05, 0) is 29.7 Å². The number of methoxy groups -OCH3 is 2. The number of ether oxygens (including phenoxy) is 2. The van der Waals surface area contributed by atoms with Crippen LogP contribution in [-0.4, -0.2) is 26.2 Å². The Kier molecular flexibility index (Phi) is 3.10. The second-order valence-electron chi connectivity index (χ2n) is 3.80. The number of hydrogen-bond donors (Lipinski definition) is 1. The molecule has 4 nitrogen and oxygen atoms in total. The van der Waals surface area contributed by atoms with E-state index in [-0.39, 0.29) is 12.0 Å². The topological polar surface area (TPSA) is 47.6 Å². The van der Waals surface area contributed by atoms with Crippen molar-refractivity contribution in [2.24, 2.45) is 0 Å². The lowest BCUT2D eigenvalue weighted by Crippen LogP contribution is -2.42. The average molecular weight is 221 g/mol.